The van der Waals surface area contributed by atoms with Crippen LogP contribution in [-0.2, 0) is 4.74 Å². The van der Waals surface area contributed by atoms with Crippen LogP contribution < -0.4 is 0 Å². The first-order chi connectivity index (χ1) is 12.3. The van der Waals surface area contributed by atoms with E-state index < -0.39 is 0 Å². The van der Waals surface area contributed by atoms with Crippen LogP contribution in [0.25, 0.3) is 22.5 Å². The maximum atomic E-state index is 12.7. The van der Waals surface area contributed by atoms with Gasteiger partial charge in [-0.05, 0) is 24.3 Å². The molecule has 2 aromatic heterocycles. The van der Waals surface area contributed by atoms with E-state index in [9.17, 15) is 4.79 Å². The summed E-state index contributed by atoms with van der Waals surface area (Å²) in [6.45, 7) is 2.45. The highest BCUT2D eigenvalue weighted by Crippen LogP contribution is 2.24. The highest BCUT2D eigenvalue weighted by atomic mass is 16.5. The number of pyridine rings is 1. The molecule has 6 nitrogen and oxygen atoms in total. The number of aromatic amines is 1. The largest absolute Gasteiger partial charge is 0.378 e. The maximum absolute atomic E-state index is 12.7. The number of amides is 1. The van der Waals surface area contributed by atoms with Gasteiger partial charge in [-0.2, -0.15) is 5.10 Å². The number of nitrogens with one attached hydrogen (secondary N) is 1. The van der Waals surface area contributed by atoms with E-state index in [0.29, 0.717) is 31.9 Å². The van der Waals surface area contributed by atoms with Crippen molar-refractivity contribution in [3.8, 4) is 22.5 Å². The Bertz CT molecular complexity index is 871. The molecule has 0 aliphatic carbocycles. The topological polar surface area (TPSA) is 71.1 Å². The molecule has 0 spiro atoms. The van der Waals surface area contributed by atoms with Gasteiger partial charge in [-0.15, -0.1) is 0 Å². The number of morpholine rings is 1. The number of H-pyrrole nitrogens is 1. The van der Waals surface area contributed by atoms with Gasteiger partial charge in [0.25, 0.3) is 5.91 Å². The number of rotatable bonds is 3. The van der Waals surface area contributed by atoms with Crippen molar-refractivity contribution in [1.29, 1.82) is 0 Å². The number of aromatic nitrogens is 3. The molecule has 3 heterocycles. The summed E-state index contributed by atoms with van der Waals surface area (Å²) in [7, 11) is 0. The Balaban J connectivity index is 1.63. The fraction of sp³-hybridized carbons (Fsp3) is 0.211. The minimum atomic E-state index is 0.0247. The Morgan fingerprint density at radius 1 is 1.04 bits per heavy atom. The molecule has 25 heavy (non-hydrogen) atoms. The zero-order chi connectivity index (χ0) is 17.1. The normalized spacial score (nSPS) is 14.5. The van der Waals surface area contributed by atoms with E-state index in [1.807, 2.05) is 41.3 Å². The zero-order valence-corrected chi connectivity index (χ0v) is 13.7. The van der Waals surface area contributed by atoms with Crippen LogP contribution in [0, 0.1) is 0 Å². The number of hydrogen-bond donors (Lipinski definition) is 1. The molecule has 6 heteroatoms. The second-order valence-electron chi connectivity index (χ2n) is 5.89. The van der Waals surface area contributed by atoms with Crippen LogP contribution in [0.4, 0.5) is 0 Å². The number of nitrogens with zero attached hydrogens (tertiary/aromatic N) is 3. The molecular weight excluding hydrogens is 316 g/mol. The molecule has 1 aromatic carbocycles. The molecule has 1 N–H and O–H groups in total. The standard InChI is InChI=1S/C19H18N4O2/c24-19(23-8-10-25-11-9-23)16-4-6-20-18(13-16)15-3-1-2-14(12-15)17-5-7-21-22-17/h1-7,12-13H,8-11H2,(H,21,22). The number of carbonyl (C=O) groups excluding carboxylic acids is 1. The molecule has 3 aromatic rings. The smallest absolute Gasteiger partial charge is 0.254 e. The third-order valence-corrected chi connectivity index (χ3v) is 4.28. The van der Waals surface area contributed by atoms with Crippen molar-refractivity contribution in [2.24, 2.45) is 0 Å². The Hall–Kier alpha value is -2.99. The molecule has 1 fully saturated rings. The van der Waals surface area contributed by atoms with Gasteiger partial charge in [0.05, 0.1) is 24.6 Å². The van der Waals surface area contributed by atoms with Crippen molar-refractivity contribution >= 4 is 5.91 Å². The van der Waals surface area contributed by atoms with E-state index in [2.05, 4.69) is 15.2 Å². The summed E-state index contributed by atoms with van der Waals surface area (Å²) in [6.07, 6.45) is 3.41. The lowest BCUT2D eigenvalue weighted by Crippen LogP contribution is -2.40. The first-order valence-corrected chi connectivity index (χ1v) is 8.24. The number of benzene rings is 1. The van der Waals surface area contributed by atoms with Gasteiger partial charge in [-0.1, -0.05) is 18.2 Å². The van der Waals surface area contributed by atoms with Crippen LogP contribution in [0.3, 0.4) is 0 Å². The SMILES string of the molecule is O=C(c1ccnc(-c2cccc(-c3ccn[nH]3)c2)c1)N1CCOCC1. The highest BCUT2D eigenvalue weighted by Gasteiger charge is 2.19. The first kappa shape index (κ1) is 15.5. The monoisotopic (exact) mass is 334 g/mol. The molecule has 0 unspecified atom stereocenters. The van der Waals surface area contributed by atoms with Crippen LogP contribution in [0.1, 0.15) is 10.4 Å². The molecule has 1 saturated heterocycles. The molecule has 4 rings (SSSR count). The summed E-state index contributed by atoms with van der Waals surface area (Å²) in [4.78, 5) is 18.9. The lowest BCUT2D eigenvalue weighted by molar-refractivity contribution is 0.0303. The van der Waals surface area contributed by atoms with Gasteiger partial charge in [0, 0.05) is 42.2 Å². The molecule has 1 aliphatic heterocycles. The minimum Gasteiger partial charge on any atom is -0.378 e. The van der Waals surface area contributed by atoms with E-state index in [1.165, 1.54) is 0 Å². The van der Waals surface area contributed by atoms with E-state index in [1.54, 1.807) is 18.5 Å². The second kappa shape index (κ2) is 6.86. The first-order valence-electron chi connectivity index (χ1n) is 8.24. The second-order valence-corrected chi connectivity index (χ2v) is 5.89. The van der Waals surface area contributed by atoms with Crippen molar-refractivity contribution < 1.29 is 9.53 Å². The lowest BCUT2D eigenvalue weighted by atomic mass is 10.0. The van der Waals surface area contributed by atoms with Gasteiger partial charge in [-0.25, -0.2) is 0 Å². The summed E-state index contributed by atoms with van der Waals surface area (Å²) in [5.74, 6) is 0.0247. The van der Waals surface area contributed by atoms with Gasteiger partial charge in [0.15, 0.2) is 0 Å². The van der Waals surface area contributed by atoms with Crippen molar-refractivity contribution in [2.45, 2.75) is 0 Å². The van der Waals surface area contributed by atoms with Crippen molar-refractivity contribution in [3.63, 3.8) is 0 Å². The van der Waals surface area contributed by atoms with Gasteiger partial charge < -0.3 is 9.64 Å². The van der Waals surface area contributed by atoms with Crippen LogP contribution in [0.15, 0.2) is 54.9 Å². The molecule has 1 amide bonds. The Labute approximate surface area is 145 Å². The summed E-state index contributed by atoms with van der Waals surface area (Å²) in [6, 6.07) is 13.6. The fourth-order valence-corrected chi connectivity index (χ4v) is 2.93. The Kier molecular flexibility index (Phi) is 4.26. The maximum Gasteiger partial charge on any atom is 0.254 e. The number of hydrogen-bond acceptors (Lipinski definition) is 4. The predicted octanol–water partition coefficient (Wildman–Crippen LogP) is 2.61. The minimum absolute atomic E-state index is 0.0247. The molecule has 0 bridgehead atoms. The third kappa shape index (κ3) is 3.29. The molecule has 0 atom stereocenters. The van der Waals surface area contributed by atoms with Gasteiger partial charge in [-0.3, -0.25) is 14.9 Å². The fourth-order valence-electron chi connectivity index (χ4n) is 2.93. The molecule has 1 aliphatic rings. The summed E-state index contributed by atoms with van der Waals surface area (Å²) in [5, 5.41) is 6.95. The van der Waals surface area contributed by atoms with E-state index in [4.69, 9.17) is 4.74 Å². The Morgan fingerprint density at radius 2 is 1.88 bits per heavy atom. The lowest BCUT2D eigenvalue weighted by Gasteiger charge is -2.26. The quantitative estimate of drug-likeness (QED) is 0.799. The highest BCUT2D eigenvalue weighted by molar-refractivity contribution is 5.95. The van der Waals surface area contributed by atoms with Crippen LogP contribution in [0.5, 0.6) is 0 Å². The van der Waals surface area contributed by atoms with Gasteiger partial charge >= 0.3 is 0 Å². The van der Waals surface area contributed by atoms with Crippen LogP contribution in [-0.4, -0.2) is 52.3 Å². The van der Waals surface area contributed by atoms with Crippen molar-refractivity contribution in [3.05, 3.63) is 60.4 Å². The third-order valence-electron chi connectivity index (χ3n) is 4.28. The average molecular weight is 334 g/mol. The average Bonchev–Trinajstić information content (AvgIpc) is 3.23. The predicted molar refractivity (Wildman–Crippen MR) is 94.0 cm³/mol. The molecular formula is C19H18N4O2. The Morgan fingerprint density at radius 3 is 2.68 bits per heavy atom. The van der Waals surface area contributed by atoms with Crippen molar-refractivity contribution in [2.75, 3.05) is 26.3 Å². The molecule has 0 radical (unpaired) electrons. The van der Waals surface area contributed by atoms with Crippen LogP contribution >= 0.6 is 0 Å². The van der Waals surface area contributed by atoms with Crippen molar-refractivity contribution in [1.82, 2.24) is 20.1 Å². The molecule has 126 valence electrons. The number of ether oxygens (including phenoxy) is 1. The van der Waals surface area contributed by atoms with Gasteiger partial charge in [0.2, 0.25) is 0 Å². The van der Waals surface area contributed by atoms with E-state index in [-0.39, 0.29) is 5.91 Å². The van der Waals surface area contributed by atoms with Gasteiger partial charge in [0.1, 0.15) is 0 Å². The number of carbonyl (C=O) groups is 1. The molecule has 0 saturated carbocycles. The zero-order valence-electron chi connectivity index (χ0n) is 13.7. The van der Waals surface area contributed by atoms with E-state index >= 15 is 0 Å². The summed E-state index contributed by atoms with van der Waals surface area (Å²) >= 11 is 0. The van der Waals surface area contributed by atoms with E-state index in [0.717, 1.165) is 22.5 Å². The summed E-state index contributed by atoms with van der Waals surface area (Å²) < 4.78 is 5.31. The summed E-state index contributed by atoms with van der Waals surface area (Å²) in [5.41, 5.74) is 4.37. The van der Waals surface area contributed by atoms with Crippen LogP contribution in [0.2, 0.25) is 0 Å².